The molecule has 3 aromatic rings. The van der Waals surface area contributed by atoms with Crippen molar-refractivity contribution in [2.75, 3.05) is 5.73 Å². The molecule has 0 spiro atoms. The van der Waals surface area contributed by atoms with E-state index in [1.807, 2.05) is 26.0 Å². The molecule has 0 aliphatic heterocycles. The molecule has 3 rings (SSSR count). The second-order valence-electron chi connectivity index (χ2n) is 5.10. The van der Waals surface area contributed by atoms with Crippen LogP contribution in [0.15, 0.2) is 45.6 Å². The SMILES string of the molecule is Cc1cc2oc(-c3ccc(N)cc3)cc(=O)c2c(C)c1Cl. The van der Waals surface area contributed by atoms with E-state index in [2.05, 4.69) is 0 Å². The van der Waals surface area contributed by atoms with Gasteiger partial charge in [0.25, 0.3) is 0 Å². The Morgan fingerprint density at radius 1 is 1.10 bits per heavy atom. The van der Waals surface area contributed by atoms with Crippen molar-refractivity contribution in [3.8, 4) is 11.3 Å². The molecule has 0 saturated carbocycles. The number of rotatable bonds is 1. The van der Waals surface area contributed by atoms with Gasteiger partial charge in [-0.15, -0.1) is 0 Å². The van der Waals surface area contributed by atoms with Gasteiger partial charge in [-0.3, -0.25) is 4.79 Å². The highest BCUT2D eigenvalue weighted by molar-refractivity contribution is 6.33. The van der Waals surface area contributed by atoms with Gasteiger partial charge in [0.15, 0.2) is 5.43 Å². The van der Waals surface area contributed by atoms with Gasteiger partial charge in [-0.05, 0) is 55.3 Å². The molecular weight excluding hydrogens is 286 g/mol. The smallest absolute Gasteiger partial charge is 0.193 e. The molecule has 0 aliphatic carbocycles. The van der Waals surface area contributed by atoms with E-state index in [0.717, 1.165) is 16.7 Å². The molecule has 0 amide bonds. The quantitative estimate of drug-likeness (QED) is 0.681. The Morgan fingerprint density at radius 3 is 2.43 bits per heavy atom. The summed E-state index contributed by atoms with van der Waals surface area (Å²) in [5.74, 6) is 0.522. The van der Waals surface area contributed by atoms with Crippen LogP contribution in [-0.2, 0) is 0 Å². The van der Waals surface area contributed by atoms with Crippen LogP contribution >= 0.6 is 11.6 Å². The van der Waals surface area contributed by atoms with Gasteiger partial charge in [0.05, 0.1) is 5.39 Å². The summed E-state index contributed by atoms with van der Waals surface area (Å²) in [6.07, 6.45) is 0. The number of hydrogen-bond acceptors (Lipinski definition) is 3. The lowest BCUT2D eigenvalue weighted by molar-refractivity contribution is 0.618. The van der Waals surface area contributed by atoms with E-state index in [9.17, 15) is 4.79 Å². The predicted octanol–water partition coefficient (Wildman–Crippen LogP) is 4.31. The van der Waals surface area contributed by atoms with E-state index < -0.39 is 0 Å². The minimum Gasteiger partial charge on any atom is -0.456 e. The Labute approximate surface area is 127 Å². The number of benzene rings is 2. The summed E-state index contributed by atoms with van der Waals surface area (Å²) >= 11 is 6.21. The molecule has 3 nitrogen and oxygen atoms in total. The average molecular weight is 300 g/mol. The topological polar surface area (TPSA) is 56.2 Å². The maximum Gasteiger partial charge on any atom is 0.193 e. The summed E-state index contributed by atoms with van der Waals surface area (Å²) in [7, 11) is 0. The zero-order chi connectivity index (χ0) is 15.1. The first-order valence-electron chi connectivity index (χ1n) is 6.57. The Morgan fingerprint density at radius 2 is 1.76 bits per heavy atom. The molecule has 0 bridgehead atoms. The Kier molecular flexibility index (Phi) is 3.22. The summed E-state index contributed by atoms with van der Waals surface area (Å²) in [5.41, 5.74) is 9.25. The lowest BCUT2D eigenvalue weighted by Gasteiger charge is -2.08. The fourth-order valence-corrected chi connectivity index (χ4v) is 2.59. The van der Waals surface area contributed by atoms with E-state index in [-0.39, 0.29) is 5.43 Å². The van der Waals surface area contributed by atoms with Gasteiger partial charge in [-0.2, -0.15) is 0 Å². The predicted molar refractivity (Wildman–Crippen MR) is 86.8 cm³/mol. The molecule has 0 unspecified atom stereocenters. The van der Waals surface area contributed by atoms with Gasteiger partial charge >= 0.3 is 0 Å². The number of hydrogen-bond donors (Lipinski definition) is 1. The Bertz CT molecular complexity index is 895. The van der Waals surface area contributed by atoms with Crippen molar-refractivity contribution in [2.24, 2.45) is 0 Å². The number of anilines is 1. The third-order valence-corrected chi connectivity index (χ3v) is 4.15. The summed E-state index contributed by atoms with van der Waals surface area (Å²) < 4.78 is 5.89. The number of fused-ring (bicyclic) bond motifs is 1. The normalized spacial score (nSPS) is 11.0. The first kappa shape index (κ1) is 13.7. The molecule has 0 aliphatic rings. The number of aryl methyl sites for hydroxylation is 2. The Hall–Kier alpha value is -2.26. The van der Waals surface area contributed by atoms with Crippen molar-refractivity contribution in [3.63, 3.8) is 0 Å². The molecule has 0 saturated heterocycles. The third-order valence-electron chi connectivity index (χ3n) is 3.57. The van der Waals surface area contributed by atoms with Crippen LogP contribution in [0.2, 0.25) is 5.02 Å². The van der Waals surface area contributed by atoms with Crippen molar-refractivity contribution in [2.45, 2.75) is 13.8 Å². The maximum atomic E-state index is 12.4. The lowest BCUT2D eigenvalue weighted by Crippen LogP contribution is -2.03. The standard InChI is InChI=1S/C17H14ClNO2/c1-9-7-15-16(10(2)17(9)18)13(20)8-14(21-15)11-3-5-12(19)6-4-11/h3-8H,19H2,1-2H3. The van der Waals surface area contributed by atoms with Crippen LogP contribution in [0.3, 0.4) is 0 Å². The van der Waals surface area contributed by atoms with Crippen molar-refractivity contribution >= 4 is 28.3 Å². The van der Waals surface area contributed by atoms with Crippen molar-refractivity contribution in [1.29, 1.82) is 0 Å². The van der Waals surface area contributed by atoms with E-state index in [1.165, 1.54) is 6.07 Å². The molecule has 0 radical (unpaired) electrons. The largest absolute Gasteiger partial charge is 0.456 e. The average Bonchev–Trinajstić information content (AvgIpc) is 2.45. The highest BCUT2D eigenvalue weighted by Crippen LogP contribution is 2.29. The zero-order valence-electron chi connectivity index (χ0n) is 11.7. The fraction of sp³-hybridized carbons (Fsp3) is 0.118. The molecular formula is C17H14ClNO2. The van der Waals surface area contributed by atoms with Crippen LogP contribution < -0.4 is 11.2 Å². The number of halogens is 1. The van der Waals surface area contributed by atoms with Crippen LogP contribution in [-0.4, -0.2) is 0 Å². The minimum atomic E-state index is -0.0949. The van der Waals surface area contributed by atoms with Crippen molar-refractivity contribution in [1.82, 2.24) is 0 Å². The van der Waals surface area contributed by atoms with Crippen LogP contribution in [0.4, 0.5) is 5.69 Å². The molecule has 21 heavy (non-hydrogen) atoms. The van der Waals surface area contributed by atoms with Gasteiger partial charge in [0.1, 0.15) is 11.3 Å². The number of nitrogen functional groups attached to an aromatic ring is 1. The molecule has 2 N–H and O–H groups in total. The van der Waals surface area contributed by atoms with Gasteiger partial charge in [-0.1, -0.05) is 11.6 Å². The van der Waals surface area contributed by atoms with E-state index >= 15 is 0 Å². The molecule has 2 aromatic carbocycles. The van der Waals surface area contributed by atoms with Gasteiger partial charge in [0.2, 0.25) is 0 Å². The van der Waals surface area contributed by atoms with Gasteiger partial charge in [-0.25, -0.2) is 0 Å². The third kappa shape index (κ3) is 2.30. The summed E-state index contributed by atoms with van der Waals surface area (Å²) in [4.78, 5) is 12.4. The van der Waals surface area contributed by atoms with Crippen LogP contribution in [0.25, 0.3) is 22.3 Å². The van der Waals surface area contributed by atoms with Crippen LogP contribution in [0.1, 0.15) is 11.1 Å². The monoisotopic (exact) mass is 299 g/mol. The van der Waals surface area contributed by atoms with Crippen LogP contribution in [0.5, 0.6) is 0 Å². The van der Waals surface area contributed by atoms with E-state index in [1.54, 1.807) is 18.2 Å². The lowest BCUT2D eigenvalue weighted by atomic mass is 10.0. The molecule has 4 heteroatoms. The van der Waals surface area contributed by atoms with Crippen molar-refractivity contribution < 1.29 is 4.42 Å². The van der Waals surface area contributed by atoms with Crippen LogP contribution in [0, 0.1) is 13.8 Å². The summed E-state index contributed by atoms with van der Waals surface area (Å²) in [6, 6.07) is 10.5. The van der Waals surface area contributed by atoms with Gasteiger partial charge < -0.3 is 10.2 Å². The molecule has 0 atom stereocenters. The van der Waals surface area contributed by atoms with Crippen molar-refractivity contribution in [3.05, 3.63) is 62.8 Å². The highest BCUT2D eigenvalue weighted by Gasteiger charge is 2.13. The number of nitrogens with two attached hydrogens (primary N) is 1. The molecule has 0 fully saturated rings. The maximum absolute atomic E-state index is 12.4. The first-order chi connectivity index (χ1) is 9.97. The summed E-state index contributed by atoms with van der Waals surface area (Å²) in [5, 5.41) is 1.14. The zero-order valence-corrected chi connectivity index (χ0v) is 12.5. The van der Waals surface area contributed by atoms with E-state index in [4.69, 9.17) is 21.8 Å². The van der Waals surface area contributed by atoms with E-state index in [0.29, 0.717) is 27.4 Å². The molecule has 1 heterocycles. The Balaban J connectivity index is 2.31. The second-order valence-corrected chi connectivity index (χ2v) is 5.48. The fourth-order valence-electron chi connectivity index (χ4n) is 2.44. The molecule has 106 valence electrons. The highest BCUT2D eigenvalue weighted by atomic mass is 35.5. The molecule has 1 aromatic heterocycles. The van der Waals surface area contributed by atoms with Gasteiger partial charge in [0, 0.05) is 22.3 Å². The summed E-state index contributed by atoms with van der Waals surface area (Å²) in [6.45, 7) is 3.72. The minimum absolute atomic E-state index is 0.0949. The second kappa shape index (κ2) is 4.93. The first-order valence-corrected chi connectivity index (χ1v) is 6.94.